The lowest BCUT2D eigenvalue weighted by atomic mass is 9.88. The number of pyridine rings is 2. The molecule has 0 amide bonds. The molecule has 0 spiro atoms. The molecule has 4 aliphatic carbocycles. The van der Waals surface area contributed by atoms with Gasteiger partial charge in [-0.25, -0.2) is 9.13 Å². The molecular formula is C77H62N2O9+2. The standard InChI is InChI=1S/C22H20NO2.C21H16O3.C20H16NO2.C14H10O2/c1-22(2,25)18-9-11-23(12-10-18)14-17-13-16-7-3-5-15-6-4-8-19(20(15)16)21(17)24;22-12-14-7-9-18(10-8-14)24-13-17-11-16-5-1-3-15-4-2-6-19(20(15)16)21(17)23;22-13-14-7-9-21(10-8-14)12-17-11-16-5-1-3-15-4-2-6-18(19(15)16)20(17)23;15-8-11-7-10-5-1-3-9-4-2-6-12(13(9)10)14(11)16/h3-13,25H,14H2,1-2H3;1-11,22H,12-13H2;1-11,22H,12-13H2;1-7,15H,8H2/q+1;;+1;. The van der Waals surface area contributed by atoms with Crippen LogP contribution in [0.25, 0.3) is 67.4 Å². The van der Waals surface area contributed by atoms with Gasteiger partial charge in [0, 0.05) is 79.2 Å². The predicted molar refractivity (Wildman–Crippen MR) is 344 cm³/mol. The van der Waals surface area contributed by atoms with Crippen molar-refractivity contribution in [3.8, 4) is 5.75 Å². The van der Waals surface area contributed by atoms with Crippen molar-refractivity contribution >= 4 is 90.5 Å². The van der Waals surface area contributed by atoms with Gasteiger partial charge in [-0.2, -0.15) is 0 Å². The molecule has 4 aliphatic rings. The fraction of sp³-hybridized carbons (Fsp3) is 0.117. The molecule has 2 heterocycles. The summed E-state index contributed by atoms with van der Waals surface area (Å²) in [5.74, 6) is 0.812. The maximum Gasteiger partial charge on any atom is 0.196 e. The number of nitrogens with zero attached hydrogens (tertiary/aromatic N) is 2. The quantitative estimate of drug-likeness (QED) is 0.0922. The normalized spacial score (nSPS) is 13.5. The first-order valence-corrected chi connectivity index (χ1v) is 29.1. The summed E-state index contributed by atoms with van der Waals surface area (Å²) in [5.41, 5.74) is 11.6. The van der Waals surface area contributed by atoms with Gasteiger partial charge in [0.1, 0.15) is 12.4 Å². The maximum absolute atomic E-state index is 12.9. The first-order valence-electron chi connectivity index (χ1n) is 29.1. The highest BCUT2D eigenvalue weighted by molar-refractivity contribution is 6.25. The highest BCUT2D eigenvalue weighted by Crippen LogP contribution is 2.35. The van der Waals surface area contributed by atoms with Gasteiger partial charge in [0.05, 0.1) is 36.6 Å². The topological polar surface area (TPSA) is 166 Å². The van der Waals surface area contributed by atoms with Gasteiger partial charge in [-0.3, -0.25) is 19.2 Å². The Balaban J connectivity index is 0.000000115. The Labute approximate surface area is 508 Å². The minimum atomic E-state index is -0.867. The number of hydrogen-bond acceptors (Lipinski definition) is 9. The maximum atomic E-state index is 12.9. The van der Waals surface area contributed by atoms with Gasteiger partial charge in [-0.05, 0) is 111 Å². The van der Waals surface area contributed by atoms with Crippen LogP contribution in [0.4, 0.5) is 0 Å². The van der Waals surface area contributed by atoms with Crippen molar-refractivity contribution < 1.29 is 53.5 Å². The van der Waals surface area contributed by atoms with Crippen LogP contribution in [0.2, 0.25) is 0 Å². The van der Waals surface area contributed by atoms with Gasteiger partial charge in [0.15, 0.2) is 61.0 Å². The van der Waals surface area contributed by atoms with E-state index in [-0.39, 0.29) is 49.6 Å². The molecule has 0 fully saturated rings. The Kier molecular flexibility index (Phi) is 16.4. The largest absolute Gasteiger partial charge is 0.489 e. The average molecular weight is 1160 g/mol. The predicted octanol–water partition coefficient (Wildman–Crippen LogP) is 12.9. The van der Waals surface area contributed by atoms with Crippen LogP contribution in [-0.2, 0) is 31.9 Å². The second kappa shape index (κ2) is 24.9. The van der Waals surface area contributed by atoms with E-state index < -0.39 is 5.60 Å². The molecule has 11 heteroatoms. The van der Waals surface area contributed by atoms with Crippen molar-refractivity contribution in [1.29, 1.82) is 0 Å². The van der Waals surface area contributed by atoms with Gasteiger partial charge in [-0.1, -0.05) is 158 Å². The van der Waals surface area contributed by atoms with Crippen LogP contribution >= 0.6 is 0 Å². The minimum absolute atomic E-state index is 0.00467. The fourth-order valence-corrected chi connectivity index (χ4v) is 11.8. The number of Topliss-reactive ketones (excluding diaryl/α,β-unsaturated/α-hetero) is 4. The number of allylic oxidation sites excluding steroid dienone is 2. The fourth-order valence-electron chi connectivity index (χ4n) is 11.8. The molecule has 88 heavy (non-hydrogen) atoms. The summed E-state index contributed by atoms with van der Waals surface area (Å²) in [6, 6.07) is 62.2. The van der Waals surface area contributed by atoms with E-state index in [1.807, 2.05) is 222 Å². The van der Waals surface area contributed by atoms with E-state index in [0.29, 0.717) is 35.5 Å². The molecular weight excluding hydrogens is 1100 g/mol. The van der Waals surface area contributed by atoms with Crippen LogP contribution in [-0.4, -0.2) is 56.8 Å². The molecule has 0 unspecified atom stereocenters. The molecule has 0 radical (unpaired) electrons. The van der Waals surface area contributed by atoms with Gasteiger partial charge >= 0.3 is 0 Å². The molecule has 4 N–H and O–H groups in total. The summed E-state index contributed by atoms with van der Waals surface area (Å²) in [6.45, 7) is 4.61. The number of rotatable bonds is 11. The summed E-state index contributed by atoms with van der Waals surface area (Å²) in [6.07, 6.45) is 15.3. The smallest absolute Gasteiger partial charge is 0.196 e. The lowest BCUT2D eigenvalue weighted by molar-refractivity contribution is -0.688. The number of ketones is 4. The molecule has 0 saturated carbocycles. The third kappa shape index (κ3) is 11.8. The van der Waals surface area contributed by atoms with Crippen molar-refractivity contribution in [3.05, 3.63) is 302 Å². The van der Waals surface area contributed by atoms with E-state index in [1.165, 1.54) is 0 Å². The molecule has 432 valence electrons. The van der Waals surface area contributed by atoms with Crippen molar-refractivity contribution in [2.24, 2.45) is 0 Å². The molecule has 2 aromatic heterocycles. The molecule has 0 saturated heterocycles. The molecule has 9 aromatic carbocycles. The Bertz CT molecular complexity index is 4700. The lowest BCUT2D eigenvalue weighted by Crippen LogP contribution is -2.36. The number of carbonyl (C=O) groups is 4. The summed E-state index contributed by atoms with van der Waals surface area (Å²) >= 11 is 0. The number of carbonyl (C=O) groups excluding carboxylic acids is 4. The Morgan fingerprint density at radius 1 is 0.364 bits per heavy atom. The van der Waals surface area contributed by atoms with E-state index in [4.69, 9.17) is 20.1 Å². The van der Waals surface area contributed by atoms with Crippen molar-refractivity contribution in [2.45, 2.75) is 45.8 Å². The number of benzene rings is 9. The minimum Gasteiger partial charge on any atom is -0.489 e. The molecule has 15 rings (SSSR count). The SMILES string of the molecule is CC(C)(O)c1cc[n+](CC2=Cc3cccc4cccc(c34)C2=O)cc1.O=C1C(CO)=Cc2cccc3cccc1c23.O=C1C(COc2ccc(CO)cc2)=Cc2cccc3cccc1c23.O=C1C(C[n+]2ccc(CO)cc2)=Cc2cccc3cccc1c23. The van der Waals surface area contributed by atoms with Crippen LogP contribution in [0.5, 0.6) is 5.75 Å². The van der Waals surface area contributed by atoms with Crippen LogP contribution < -0.4 is 13.9 Å². The third-order valence-corrected chi connectivity index (χ3v) is 16.3. The summed E-state index contributed by atoms with van der Waals surface area (Å²) in [7, 11) is 0. The molecule has 0 aliphatic heterocycles. The highest BCUT2D eigenvalue weighted by Gasteiger charge is 2.28. The average Bonchev–Trinajstić information content (AvgIpc) is 1.35. The number of aliphatic hydroxyl groups excluding tert-OH is 3. The zero-order valence-corrected chi connectivity index (χ0v) is 48.6. The summed E-state index contributed by atoms with van der Waals surface area (Å²) in [4.78, 5) is 50.5. The number of aliphatic hydroxyl groups is 4. The Hall–Kier alpha value is -10.4. The van der Waals surface area contributed by atoms with Crippen LogP contribution in [0.3, 0.4) is 0 Å². The zero-order valence-electron chi connectivity index (χ0n) is 48.6. The molecule has 0 bridgehead atoms. The van der Waals surface area contributed by atoms with Crippen LogP contribution in [0.15, 0.2) is 241 Å². The Morgan fingerprint density at radius 3 is 1.05 bits per heavy atom. The van der Waals surface area contributed by atoms with Crippen molar-refractivity contribution in [1.82, 2.24) is 0 Å². The highest BCUT2D eigenvalue weighted by atomic mass is 16.5. The van der Waals surface area contributed by atoms with Crippen molar-refractivity contribution in [3.63, 3.8) is 0 Å². The van der Waals surface area contributed by atoms with Gasteiger partial charge in [0.2, 0.25) is 0 Å². The first-order chi connectivity index (χ1) is 42.8. The van der Waals surface area contributed by atoms with E-state index >= 15 is 0 Å². The number of ether oxygens (including phenoxy) is 1. The van der Waals surface area contributed by atoms with E-state index in [0.717, 1.165) is 110 Å². The van der Waals surface area contributed by atoms with Gasteiger partial charge < -0.3 is 25.2 Å². The molecule has 11 nitrogen and oxygen atoms in total. The second-order valence-electron chi connectivity index (χ2n) is 22.6. The summed E-state index contributed by atoms with van der Waals surface area (Å²) in [5, 5.41) is 45.8. The molecule has 0 atom stereocenters. The molecule has 11 aromatic rings. The van der Waals surface area contributed by atoms with Crippen molar-refractivity contribution in [2.75, 3.05) is 13.2 Å². The van der Waals surface area contributed by atoms with E-state index in [1.54, 1.807) is 32.1 Å². The number of aromatic nitrogens is 2. The first kappa shape index (κ1) is 58.0. The van der Waals surface area contributed by atoms with Crippen LogP contribution in [0.1, 0.15) is 94.2 Å². The van der Waals surface area contributed by atoms with E-state index in [2.05, 4.69) is 12.1 Å². The number of hydrogen-bond donors (Lipinski definition) is 4. The van der Waals surface area contributed by atoms with Crippen LogP contribution in [0, 0.1) is 0 Å². The van der Waals surface area contributed by atoms with Gasteiger partial charge in [0.25, 0.3) is 0 Å². The monoisotopic (exact) mass is 1160 g/mol. The van der Waals surface area contributed by atoms with E-state index in [9.17, 15) is 24.3 Å². The Morgan fingerprint density at radius 2 is 0.682 bits per heavy atom. The van der Waals surface area contributed by atoms with Gasteiger partial charge in [-0.15, -0.1) is 0 Å². The lowest BCUT2D eigenvalue weighted by Gasteiger charge is -2.17. The zero-order chi connectivity index (χ0) is 61.1. The second-order valence-corrected chi connectivity index (χ2v) is 22.6. The summed E-state index contributed by atoms with van der Waals surface area (Å²) < 4.78 is 9.68. The third-order valence-electron chi connectivity index (χ3n) is 16.3.